The van der Waals surface area contributed by atoms with Crippen LogP contribution in [-0.2, 0) is 4.79 Å². The van der Waals surface area contributed by atoms with Crippen molar-refractivity contribution < 1.29 is 9.53 Å². The Morgan fingerprint density at radius 1 is 1.14 bits per heavy atom. The second-order valence-electron chi connectivity index (χ2n) is 5.54. The lowest BCUT2D eigenvalue weighted by molar-refractivity contribution is -0.124. The summed E-state index contributed by atoms with van der Waals surface area (Å²) in [6.45, 7) is 0.0394. The average molecular weight is 360 g/mol. The van der Waals surface area contributed by atoms with Gasteiger partial charge in [0.25, 0.3) is 5.91 Å². The van der Waals surface area contributed by atoms with Gasteiger partial charge < -0.3 is 10.1 Å². The number of halogens is 1. The van der Waals surface area contributed by atoms with E-state index >= 15 is 0 Å². The molecule has 3 rings (SSSR count). The molecule has 0 spiro atoms. The molecule has 0 aliphatic heterocycles. The molecule has 1 aliphatic carbocycles. The van der Waals surface area contributed by atoms with Crippen molar-refractivity contribution in [3.05, 3.63) is 64.6 Å². The van der Waals surface area contributed by atoms with E-state index in [-0.39, 0.29) is 18.6 Å². The molecule has 0 unspecified atom stereocenters. The number of rotatable bonds is 6. The number of carbonyl (C=O) groups is 1. The SMILES string of the molecule is O=C(COc1ccc(Br)cc1)N[C@@H](c1ccccc1)C1CC1. The van der Waals surface area contributed by atoms with E-state index in [2.05, 4.69) is 33.4 Å². The van der Waals surface area contributed by atoms with Crippen LogP contribution in [-0.4, -0.2) is 12.5 Å². The Balaban J connectivity index is 1.56. The predicted molar refractivity (Wildman–Crippen MR) is 89.7 cm³/mol. The summed E-state index contributed by atoms with van der Waals surface area (Å²) in [6, 6.07) is 17.7. The first-order valence-electron chi connectivity index (χ1n) is 7.45. The van der Waals surface area contributed by atoms with Gasteiger partial charge >= 0.3 is 0 Å². The molecule has 4 heteroatoms. The largest absolute Gasteiger partial charge is 0.484 e. The first-order chi connectivity index (χ1) is 10.7. The number of carbonyl (C=O) groups excluding carboxylic acids is 1. The van der Waals surface area contributed by atoms with Crippen molar-refractivity contribution in [2.24, 2.45) is 5.92 Å². The lowest BCUT2D eigenvalue weighted by Crippen LogP contribution is -2.33. The molecule has 3 nitrogen and oxygen atoms in total. The molecule has 2 aromatic rings. The Bertz CT molecular complexity index is 623. The molecule has 1 aliphatic rings. The molecular formula is C18H18BrNO2. The van der Waals surface area contributed by atoms with Gasteiger partial charge in [-0.25, -0.2) is 0 Å². The summed E-state index contributed by atoms with van der Waals surface area (Å²) in [6.07, 6.45) is 2.35. The van der Waals surface area contributed by atoms with Gasteiger partial charge in [-0.15, -0.1) is 0 Å². The maximum absolute atomic E-state index is 12.2. The maximum Gasteiger partial charge on any atom is 0.258 e. The summed E-state index contributed by atoms with van der Waals surface area (Å²) >= 11 is 3.37. The maximum atomic E-state index is 12.2. The molecule has 0 saturated heterocycles. The lowest BCUT2D eigenvalue weighted by atomic mass is 10.0. The second-order valence-corrected chi connectivity index (χ2v) is 6.45. The third-order valence-electron chi connectivity index (χ3n) is 3.75. The van der Waals surface area contributed by atoms with Crippen LogP contribution in [0.5, 0.6) is 5.75 Å². The van der Waals surface area contributed by atoms with Crippen molar-refractivity contribution in [2.45, 2.75) is 18.9 Å². The molecule has 1 fully saturated rings. The van der Waals surface area contributed by atoms with Crippen LogP contribution in [0.3, 0.4) is 0 Å². The zero-order valence-corrected chi connectivity index (χ0v) is 13.8. The van der Waals surface area contributed by atoms with Gasteiger partial charge in [-0.3, -0.25) is 4.79 Å². The Hall–Kier alpha value is -1.81. The third-order valence-corrected chi connectivity index (χ3v) is 4.28. The van der Waals surface area contributed by atoms with Crippen molar-refractivity contribution >= 4 is 21.8 Å². The Morgan fingerprint density at radius 2 is 1.82 bits per heavy atom. The topological polar surface area (TPSA) is 38.3 Å². The third kappa shape index (κ3) is 4.10. The van der Waals surface area contributed by atoms with Crippen LogP contribution in [0, 0.1) is 5.92 Å². The van der Waals surface area contributed by atoms with Crippen molar-refractivity contribution in [2.75, 3.05) is 6.61 Å². The summed E-state index contributed by atoms with van der Waals surface area (Å²) in [5, 5.41) is 3.10. The highest BCUT2D eigenvalue weighted by molar-refractivity contribution is 9.10. The fraction of sp³-hybridized carbons (Fsp3) is 0.278. The second kappa shape index (κ2) is 6.97. The van der Waals surface area contributed by atoms with E-state index in [1.165, 1.54) is 18.4 Å². The van der Waals surface area contributed by atoms with E-state index in [1.54, 1.807) is 0 Å². The fourth-order valence-corrected chi connectivity index (χ4v) is 2.72. The normalized spacial score (nSPS) is 15.1. The van der Waals surface area contributed by atoms with Crippen molar-refractivity contribution in [1.82, 2.24) is 5.32 Å². The summed E-state index contributed by atoms with van der Waals surface area (Å²) in [5.74, 6) is 1.17. The number of hydrogen-bond donors (Lipinski definition) is 1. The van der Waals surface area contributed by atoms with Gasteiger partial charge in [0.15, 0.2) is 6.61 Å². The number of nitrogens with one attached hydrogen (secondary N) is 1. The van der Waals surface area contributed by atoms with Crippen LogP contribution in [0.15, 0.2) is 59.1 Å². The number of ether oxygens (including phenoxy) is 1. The van der Waals surface area contributed by atoms with E-state index in [9.17, 15) is 4.79 Å². The van der Waals surface area contributed by atoms with Crippen LogP contribution >= 0.6 is 15.9 Å². The van der Waals surface area contributed by atoms with Crippen molar-refractivity contribution in [3.63, 3.8) is 0 Å². The Morgan fingerprint density at radius 3 is 2.45 bits per heavy atom. The summed E-state index contributed by atoms with van der Waals surface area (Å²) < 4.78 is 6.51. The smallest absolute Gasteiger partial charge is 0.258 e. The molecule has 0 heterocycles. The Kier molecular flexibility index (Phi) is 4.78. The quantitative estimate of drug-likeness (QED) is 0.843. The number of amides is 1. The van der Waals surface area contributed by atoms with Crippen LogP contribution in [0.1, 0.15) is 24.4 Å². The molecule has 0 radical (unpaired) electrons. The number of hydrogen-bond acceptors (Lipinski definition) is 2. The summed E-state index contributed by atoms with van der Waals surface area (Å²) in [7, 11) is 0. The van der Waals surface area contributed by atoms with Crippen molar-refractivity contribution in [1.29, 1.82) is 0 Å². The zero-order valence-electron chi connectivity index (χ0n) is 12.2. The highest BCUT2D eigenvalue weighted by atomic mass is 79.9. The molecule has 0 aromatic heterocycles. The summed E-state index contributed by atoms with van der Waals surface area (Å²) in [5.41, 5.74) is 1.17. The molecule has 2 aromatic carbocycles. The molecule has 0 bridgehead atoms. The van der Waals surface area contributed by atoms with Gasteiger partial charge in [0, 0.05) is 4.47 Å². The van der Waals surface area contributed by atoms with Crippen LogP contribution < -0.4 is 10.1 Å². The van der Waals surface area contributed by atoms with Crippen LogP contribution in [0.2, 0.25) is 0 Å². The van der Waals surface area contributed by atoms with Gasteiger partial charge in [0.1, 0.15) is 5.75 Å². The number of benzene rings is 2. The van der Waals surface area contributed by atoms with Crippen LogP contribution in [0.4, 0.5) is 0 Å². The average Bonchev–Trinajstić information content (AvgIpc) is 3.38. The van der Waals surface area contributed by atoms with Gasteiger partial charge in [-0.1, -0.05) is 46.3 Å². The minimum atomic E-state index is -0.0799. The molecule has 1 saturated carbocycles. The van der Waals surface area contributed by atoms with E-state index in [0.29, 0.717) is 11.7 Å². The molecule has 1 N–H and O–H groups in total. The highest BCUT2D eigenvalue weighted by Crippen LogP contribution is 2.40. The van der Waals surface area contributed by atoms with Gasteiger partial charge in [0.2, 0.25) is 0 Å². The minimum Gasteiger partial charge on any atom is -0.484 e. The molecule has 114 valence electrons. The first kappa shape index (κ1) is 15.1. The van der Waals surface area contributed by atoms with E-state index < -0.39 is 0 Å². The summed E-state index contributed by atoms with van der Waals surface area (Å²) in [4.78, 5) is 12.2. The molecular weight excluding hydrogens is 342 g/mol. The van der Waals surface area contributed by atoms with E-state index in [1.807, 2.05) is 42.5 Å². The van der Waals surface area contributed by atoms with Gasteiger partial charge in [-0.2, -0.15) is 0 Å². The van der Waals surface area contributed by atoms with E-state index in [4.69, 9.17) is 4.74 Å². The standard InChI is InChI=1S/C18H18BrNO2/c19-15-8-10-16(11-9-15)22-12-17(21)20-18(14-6-7-14)13-4-2-1-3-5-13/h1-5,8-11,14,18H,6-7,12H2,(H,20,21)/t18-/m0/s1. The monoisotopic (exact) mass is 359 g/mol. The first-order valence-corrected chi connectivity index (χ1v) is 8.24. The highest BCUT2D eigenvalue weighted by Gasteiger charge is 2.33. The van der Waals surface area contributed by atoms with Gasteiger partial charge in [0.05, 0.1) is 6.04 Å². The van der Waals surface area contributed by atoms with Crippen LogP contribution in [0.25, 0.3) is 0 Å². The Labute approximate surface area is 138 Å². The molecule has 1 atom stereocenters. The minimum absolute atomic E-state index is 0.0394. The molecule has 22 heavy (non-hydrogen) atoms. The molecule has 1 amide bonds. The van der Waals surface area contributed by atoms with Gasteiger partial charge in [-0.05, 0) is 48.6 Å². The lowest BCUT2D eigenvalue weighted by Gasteiger charge is -2.19. The fourth-order valence-electron chi connectivity index (χ4n) is 2.46. The zero-order chi connectivity index (χ0) is 15.4. The predicted octanol–water partition coefficient (Wildman–Crippen LogP) is 4.10. The van der Waals surface area contributed by atoms with Crippen molar-refractivity contribution in [3.8, 4) is 5.75 Å². The van der Waals surface area contributed by atoms with E-state index in [0.717, 1.165) is 4.47 Å².